The minimum absolute atomic E-state index is 0.176. The summed E-state index contributed by atoms with van der Waals surface area (Å²) in [7, 11) is 0. The summed E-state index contributed by atoms with van der Waals surface area (Å²) < 4.78 is 12.8. The summed E-state index contributed by atoms with van der Waals surface area (Å²) in [5, 5.41) is 7.87. The maximum absolute atomic E-state index is 12.8. The van der Waals surface area contributed by atoms with Crippen molar-refractivity contribution in [2.45, 2.75) is 6.92 Å². The molecule has 1 heterocycles. The van der Waals surface area contributed by atoms with Crippen LogP contribution in [0.5, 0.6) is 0 Å². The van der Waals surface area contributed by atoms with Crippen LogP contribution in [0.3, 0.4) is 0 Å². The number of aromatic nitrogens is 2. The highest BCUT2D eigenvalue weighted by molar-refractivity contribution is 6.00. The molecule has 0 atom stereocenters. The lowest BCUT2D eigenvalue weighted by Gasteiger charge is -1.99. The molecule has 6 heteroatoms. The zero-order chi connectivity index (χ0) is 13.7. The Morgan fingerprint density at radius 2 is 1.89 bits per heavy atom. The molecule has 5 nitrogen and oxygen atoms in total. The third-order valence-electron chi connectivity index (χ3n) is 2.40. The molecule has 0 bridgehead atoms. The van der Waals surface area contributed by atoms with E-state index in [4.69, 9.17) is 5.73 Å². The zero-order valence-corrected chi connectivity index (χ0v) is 10.3. The molecule has 1 aromatic carbocycles. The largest absolute Gasteiger partial charge is 0.380 e. The van der Waals surface area contributed by atoms with Crippen molar-refractivity contribution >= 4 is 11.5 Å². The van der Waals surface area contributed by atoms with E-state index in [0.29, 0.717) is 11.4 Å². The molecular weight excluding hydrogens is 245 g/mol. The predicted molar refractivity (Wildman–Crippen MR) is 71.4 cm³/mol. The lowest BCUT2D eigenvalue weighted by Crippen LogP contribution is -2.15. The maximum Gasteiger partial charge on any atom is 0.173 e. The number of benzene rings is 1. The highest BCUT2D eigenvalue weighted by Gasteiger charge is 2.00. The average Bonchev–Trinajstić information content (AvgIpc) is 2.46. The standard InChI is InChI=1S/C13H12FN5/c1-9(10-2-4-11(14)5-3-10)18-19-13(15)12-8-16-6-7-17-12/h2-8H,1H3,(H2,15,19)/b18-9+. The van der Waals surface area contributed by atoms with E-state index in [2.05, 4.69) is 20.2 Å². The van der Waals surface area contributed by atoms with Gasteiger partial charge in [0.15, 0.2) is 5.84 Å². The Morgan fingerprint density at radius 1 is 1.16 bits per heavy atom. The van der Waals surface area contributed by atoms with Crippen molar-refractivity contribution in [2.75, 3.05) is 0 Å². The van der Waals surface area contributed by atoms with Crippen molar-refractivity contribution in [3.63, 3.8) is 0 Å². The molecule has 0 aliphatic heterocycles. The molecule has 0 saturated carbocycles. The smallest absolute Gasteiger partial charge is 0.173 e. The second kappa shape index (κ2) is 5.81. The minimum Gasteiger partial charge on any atom is -0.380 e. The van der Waals surface area contributed by atoms with Crippen LogP contribution in [0.1, 0.15) is 18.2 Å². The first-order valence-corrected chi connectivity index (χ1v) is 5.57. The third kappa shape index (κ3) is 3.41. The van der Waals surface area contributed by atoms with Gasteiger partial charge < -0.3 is 5.73 Å². The molecule has 0 spiro atoms. The summed E-state index contributed by atoms with van der Waals surface area (Å²) in [6.45, 7) is 1.76. The van der Waals surface area contributed by atoms with Crippen molar-refractivity contribution in [1.82, 2.24) is 9.97 Å². The summed E-state index contributed by atoms with van der Waals surface area (Å²) >= 11 is 0. The fourth-order valence-electron chi connectivity index (χ4n) is 1.36. The van der Waals surface area contributed by atoms with Crippen LogP contribution in [0.4, 0.5) is 4.39 Å². The highest BCUT2D eigenvalue weighted by Crippen LogP contribution is 2.04. The molecule has 2 rings (SSSR count). The quantitative estimate of drug-likeness (QED) is 0.517. The molecule has 0 aliphatic carbocycles. The second-order valence-electron chi connectivity index (χ2n) is 3.77. The Bertz CT molecular complexity index is 605. The zero-order valence-electron chi connectivity index (χ0n) is 10.3. The lowest BCUT2D eigenvalue weighted by atomic mass is 10.1. The molecular formula is C13H12FN5. The maximum atomic E-state index is 12.8. The second-order valence-corrected chi connectivity index (χ2v) is 3.77. The predicted octanol–water partition coefficient (Wildman–Crippen LogP) is 1.75. The number of hydrogen-bond acceptors (Lipinski definition) is 4. The van der Waals surface area contributed by atoms with Crippen molar-refractivity contribution in [3.8, 4) is 0 Å². The molecule has 2 N–H and O–H groups in total. The summed E-state index contributed by atoms with van der Waals surface area (Å²) in [4.78, 5) is 7.89. The van der Waals surface area contributed by atoms with Crippen molar-refractivity contribution in [3.05, 3.63) is 59.9 Å². The van der Waals surface area contributed by atoms with Crippen LogP contribution in [-0.2, 0) is 0 Å². The Balaban J connectivity index is 2.20. The van der Waals surface area contributed by atoms with Gasteiger partial charge in [-0.15, -0.1) is 5.10 Å². The van der Waals surface area contributed by atoms with Gasteiger partial charge in [0.25, 0.3) is 0 Å². The van der Waals surface area contributed by atoms with E-state index in [1.165, 1.54) is 24.5 Å². The van der Waals surface area contributed by atoms with Crippen LogP contribution in [0, 0.1) is 5.82 Å². The molecule has 0 amide bonds. The molecule has 2 aromatic rings. The van der Waals surface area contributed by atoms with Crippen LogP contribution >= 0.6 is 0 Å². The van der Waals surface area contributed by atoms with Gasteiger partial charge in [0.05, 0.1) is 11.9 Å². The minimum atomic E-state index is -0.292. The van der Waals surface area contributed by atoms with E-state index < -0.39 is 0 Å². The molecule has 0 saturated heterocycles. The average molecular weight is 257 g/mol. The van der Waals surface area contributed by atoms with Crippen LogP contribution in [0.25, 0.3) is 0 Å². The van der Waals surface area contributed by atoms with Gasteiger partial charge in [-0.1, -0.05) is 12.1 Å². The van der Waals surface area contributed by atoms with Crippen LogP contribution < -0.4 is 5.73 Å². The summed E-state index contributed by atoms with van der Waals surface area (Å²) in [6, 6.07) is 5.98. The third-order valence-corrected chi connectivity index (χ3v) is 2.40. The van der Waals surface area contributed by atoms with Crippen LogP contribution in [-0.4, -0.2) is 21.5 Å². The van der Waals surface area contributed by atoms with E-state index in [0.717, 1.165) is 5.56 Å². The molecule has 0 fully saturated rings. The first-order valence-electron chi connectivity index (χ1n) is 5.57. The molecule has 96 valence electrons. The van der Waals surface area contributed by atoms with Gasteiger partial charge in [-0.05, 0) is 24.6 Å². The van der Waals surface area contributed by atoms with Gasteiger partial charge in [0.2, 0.25) is 0 Å². The topological polar surface area (TPSA) is 76.5 Å². The van der Waals surface area contributed by atoms with Gasteiger partial charge in [-0.2, -0.15) is 5.10 Å². The van der Waals surface area contributed by atoms with Crippen LogP contribution in [0.2, 0.25) is 0 Å². The van der Waals surface area contributed by atoms with Gasteiger partial charge in [-0.25, -0.2) is 9.37 Å². The SMILES string of the molecule is C/C(=N\N=C(/N)c1cnccn1)c1ccc(F)cc1. The van der Waals surface area contributed by atoms with Gasteiger partial charge in [0.1, 0.15) is 11.5 Å². The lowest BCUT2D eigenvalue weighted by molar-refractivity contribution is 0.628. The summed E-state index contributed by atoms with van der Waals surface area (Å²) in [6.07, 6.45) is 4.57. The highest BCUT2D eigenvalue weighted by atomic mass is 19.1. The fourth-order valence-corrected chi connectivity index (χ4v) is 1.36. The Labute approximate surface area is 109 Å². The number of nitrogens with zero attached hydrogens (tertiary/aromatic N) is 4. The van der Waals surface area contributed by atoms with E-state index in [1.54, 1.807) is 25.3 Å². The van der Waals surface area contributed by atoms with Crippen LogP contribution in [0.15, 0.2) is 53.1 Å². The number of rotatable bonds is 3. The van der Waals surface area contributed by atoms with E-state index >= 15 is 0 Å². The van der Waals surface area contributed by atoms with Crippen molar-refractivity contribution < 1.29 is 4.39 Å². The Morgan fingerprint density at radius 3 is 2.53 bits per heavy atom. The molecule has 1 aromatic heterocycles. The van der Waals surface area contributed by atoms with Gasteiger partial charge in [-0.3, -0.25) is 4.98 Å². The first kappa shape index (κ1) is 12.8. The first-order chi connectivity index (χ1) is 9.16. The molecule has 0 aliphatic rings. The molecule has 19 heavy (non-hydrogen) atoms. The summed E-state index contributed by atoms with van der Waals surface area (Å²) in [5.41, 5.74) is 7.59. The van der Waals surface area contributed by atoms with Crippen molar-refractivity contribution in [1.29, 1.82) is 0 Å². The Kier molecular flexibility index (Phi) is 3.92. The van der Waals surface area contributed by atoms with Crippen molar-refractivity contribution in [2.24, 2.45) is 15.9 Å². The Hall–Kier alpha value is -2.63. The van der Waals surface area contributed by atoms with Gasteiger partial charge >= 0.3 is 0 Å². The van der Waals surface area contributed by atoms with Gasteiger partial charge in [0, 0.05) is 12.4 Å². The normalized spacial score (nSPS) is 12.5. The monoisotopic (exact) mass is 257 g/mol. The number of halogens is 1. The fraction of sp³-hybridized carbons (Fsp3) is 0.0769. The molecule has 0 unspecified atom stereocenters. The molecule has 0 radical (unpaired) electrons. The number of nitrogens with two attached hydrogens (primary N) is 1. The van der Waals surface area contributed by atoms with E-state index in [9.17, 15) is 4.39 Å². The van der Waals surface area contributed by atoms with E-state index in [-0.39, 0.29) is 11.7 Å². The summed E-state index contributed by atoms with van der Waals surface area (Å²) in [5.74, 6) is -0.117. The number of hydrogen-bond donors (Lipinski definition) is 1. The van der Waals surface area contributed by atoms with E-state index in [1.807, 2.05) is 0 Å². The number of amidine groups is 1.